The van der Waals surface area contributed by atoms with Crippen molar-refractivity contribution in [1.82, 2.24) is 24.9 Å². The molecule has 5 saturated heterocycles. The predicted molar refractivity (Wildman–Crippen MR) is 220 cm³/mol. The van der Waals surface area contributed by atoms with Crippen molar-refractivity contribution in [1.29, 1.82) is 0 Å². The van der Waals surface area contributed by atoms with E-state index in [0.29, 0.717) is 5.33 Å². The number of nitrogens with one attached hydrogen (secondary N) is 1. The first-order chi connectivity index (χ1) is 23.2. The maximum absolute atomic E-state index is 11.0. The van der Waals surface area contributed by atoms with Gasteiger partial charge in [-0.25, -0.2) is 0 Å². The summed E-state index contributed by atoms with van der Waals surface area (Å²) in [5.41, 5.74) is 0. The van der Waals surface area contributed by atoms with Crippen LogP contribution in [0.4, 0.5) is 0 Å². The van der Waals surface area contributed by atoms with Crippen molar-refractivity contribution < 1.29 is 188 Å². The fourth-order valence-electron chi connectivity index (χ4n) is 4.33. The number of carboxylic acids is 1. The predicted octanol–water partition coefficient (Wildman–Crippen LogP) is 3.21. The third kappa shape index (κ3) is 48.9. The zero-order chi connectivity index (χ0) is 35.8. The molecule has 0 atom stereocenters. The van der Waals surface area contributed by atoms with Crippen LogP contribution in [0.5, 0.6) is 0 Å². The molecule has 314 valence electrons. The molecule has 15 nitrogen and oxygen atoms in total. The molecular weight excluding hydrogens is 1230 g/mol. The van der Waals surface area contributed by atoms with Crippen molar-refractivity contribution in [2.75, 3.05) is 148 Å². The van der Waals surface area contributed by atoms with Gasteiger partial charge in [-0.1, -0.05) is 60.2 Å². The van der Waals surface area contributed by atoms with Gasteiger partial charge in [0.05, 0.1) is 5.33 Å². The standard InChI is InChI=1S/C7H11N2O.C6H10BrN2O.C6H11N2O.C6H13N2.C4H9N2.C2H3BrO2.2CH4.B.5Y/c1-2-7(10)9-5-3-8-4-6-9;7-5-6(10)9-3-1-8-2-4-9;1-6(9)8-4-2-7-3-5-8;1-2-8-5-3-7-4-6-8;1-2-6-4-3-5-1;3-1-2(4)5;;;;;;;;/h2H,1,3-6H2;1-5H2;2-5H2,1H3;2-6H2,1H3;5H,1-4H2;1H2,(H,4,5);2*1H4;;;;;;/q5*-1;;;;;;;;;. The number of rotatable bonds is 4. The van der Waals surface area contributed by atoms with Gasteiger partial charge in [-0.05, 0) is 38.8 Å². The quantitative estimate of drug-likeness (QED) is 0.246. The minimum atomic E-state index is -0.829. The van der Waals surface area contributed by atoms with Gasteiger partial charge in [-0.2, -0.15) is 0 Å². The summed E-state index contributed by atoms with van der Waals surface area (Å²) < 4.78 is 0. The maximum Gasteiger partial charge on any atom is 0.314 e. The molecule has 5 fully saturated rings. The molecule has 0 saturated carbocycles. The molecule has 0 aromatic carbocycles. The van der Waals surface area contributed by atoms with Gasteiger partial charge in [0.2, 0.25) is 17.7 Å². The fraction of sp³-hybridized carbons (Fsp3) is 0.818. The van der Waals surface area contributed by atoms with Crippen LogP contribution in [0.3, 0.4) is 0 Å². The molecule has 0 unspecified atom stereocenters. The smallest absolute Gasteiger partial charge is 0.314 e. The van der Waals surface area contributed by atoms with Gasteiger partial charge in [0.15, 0.2) is 0 Å². The molecule has 2 N–H and O–H groups in total. The summed E-state index contributed by atoms with van der Waals surface area (Å²) in [5, 5.41) is 32.1. The molecule has 5 rings (SSSR count). The van der Waals surface area contributed by atoms with E-state index in [1.165, 1.54) is 25.7 Å². The molecule has 5 aliphatic rings. The summed E-state index contributed by atoms with van der Waals surface area (Å²) >= 11 is 5.84. The van der Waals surface area contributed by atoms with Crippen molar-refractivity contribution >= 4 is 64.0 Å². The van der Waals surface area contributed by atoms with Crippen LogP contribution >= 0.6 is 31.9 Å². The first kappa shape index (κ1) is 80.2. The Hall–Kier alpha value is 3.88. The van der Waals surface area contributed by atoms with Crippen LogP contribution in [-0.4, -0.2) is 205 Å². The van der Waals surface area contributed by atoms with Crippen LogP contribution in [0.15, 0.2) is 12.7 Å². The zero-order valence-electron chi connectivity index (χ0n) is 32.4. The number of carbonyl (C=O) groups is 4. The Morgan fingerprint density at radius 3 is 1.16 bits per heavy atom. The normalized spacial score (nSPS) is 16.5. The molecule has 3 amide bonds. The Bertz CT molecular complexity index is 871. The second-order valence-electron chi connectivity index (χ2n) is 10.6. The summed E-state index contributed by atoms with van der Waals surface area (Å²) in [4.78, 5) is 49.8. The van der Waals surface area contributed by atoms with E-state index >= 15 is 0 Å². The Morgan fingerprint density at radius 1 is 0.625 bits per heavy atom. The van der Waals surface area contributed by atoms with Gasteiger partial charge in [-0.15, -0.1) is 65.4 Å². The van der Waals surface area contributed by atoms with Gasteiger partial charge in [0.1, 0.15) is 5.33 Å². The number of amides is 3. The second-order valence-corrected chi connectivity index (χ2v) is 11.7. The molecule has 23 heteroatoms. The van der Waals surface area contributed by atoms with E-state index in [-0.39, 0.29) is 210 Å². The number of nitrogens with zero attached hydrogens (tertiary/aromatic N) is 9. The molecule has 0 bridgehead atoms. The van der Waals surface area contributed by atoms with Crippen LogP contribution in [0.25, 0.3) is 26.6 Å². The van der Waals surface area contributed by atoms with E-state index in [9.17, 15) is 19.2 Å². The minimum absolute atomic E-state index is 0. The van der Waals surface area contributed by atoms with Crippen molar-refractivity contribution in [3.05, 3.63) is 39.2 Å². The number of piperazine rings is 5. The van der Waals surface area contributed by atoms with E-state index < -0.39 is 5.97 Å². The number of hydrogen-bond donors (Lipinski definition) is 2. The Morgan fingerprint density at radius 2 is 0.946 bits per heavy atom. The van der Waals surface area contributed by atoms with Gasteiger partial charge in [-0.3, -0.25) is 19.2 Å². The number of alkyl halides is 2. The molecule has 0 aliphatic carbocycles. The van der Waals surface area contributed by atoms with Gasteiger partial charge in [0.25, 0.3) is 0 Å². The SMILES string of the molecule is C.C.C1CNCC[N-]1.C=CC(=O)N1CC[N-]CC1.CC(=O)N1CC[N-]CC1.CCN1CC[N-]CC1.O=C(CBr)N1CC[N-]CC1.O=C(O)CBr.[B].[Y].[Y].[Y].[Y].[Y]. The number of halogens is 2. The summed E-state index contributed by atoms with van der Waals surface area (Å²) in [6.45, 7) is 26.6. The summed E-state index contributed by atoms with van der Waals surface area (Å²) in [7, 11) is 0. The average Bonchev–Trinajstić information content (AvgIpc) is 3.17. The van der Waals surface area contributed by atoms with E-state index in [1.54, 1.807) is 11.8 Å². The molecule has 0 spiro atoms. The van der Waals surface area contributed by atoms with Crippen molar-refractivity contribution in [2.45, 2.75) is 28.7 Å². The number of hydrogen-bond acceptors (Lipinski definition) is 6. The van der Waals surface area contributed by atoms with Crippen molar-refractivity contribution in [3.8, 4) is 0 Å². The first-order valence-electron chi connectivity index (χ1n) is 16.6. The van der Waals surface area contributed by atoms with Crippen LogP contribution in [0.2, 0.25) is 0 Å². The zero-order valence-corrected chi connectivity index (χ0v) is 49.7. The molecular formula is C33H65BBr2N10O5Y5-5. The average molecular weight is 1300 g/mol. The Balaban J connectivity index is -0.0000000666. The van der Waals surface area contributed by atoms with Gasteiger partial charge < -0.3 is 56.6 Å². The third-order valence-corrected chi connectivity index (χ3v) is 8.13. The molecule has 5 aliphatic heterocycles. The number of carboxylic acid groups (broad SMARTS) is 1. The largest absolute Gasteiger partial charge is 0.660 e. The fourth-order valence-corrected chi connectivity index (χ4v) is 4.69. The monoisotopic (exact) mass is 1290 g/mol. The first-order valence-corrected chi connectivity index (χ1v) is 18.8. The van der Waals surface area contributed by atoms with Crippen molar-refractivity contribution in [3.63, 3.8) is 0 Å². The van der Waals surface area contributed by atoms with E-state index in [2.05, 4.69) is 82.2 Å². The van der Waals surface area contributed by atoms with Crippen LogP contribution in [0.1, 0.15) is 28.7 Å². The van der Waals surface area contributed by atoms with Crippen LogP contribution in [0, 0.1) is 0 Å². The summed E-state index contributed by atoms with van der Waals surface area (Å²) in [6, 6.07) is 0. The second kappa shape index (κ2) is 58.9. The topological polar surface area (TPSA) is 184 Å². The Kier molecular flexibility index (Phi) is 84.3. The maximum atomic E-state index is 11.0. The van der Waals surface area contributed by atoms with Crippen LogP contribution in [-0.2, 0) is 183 Å². The van der Waals surface area contributed by atoms with Crippen LogP contribution < -0.4 is 5.32 Å². The van der Waals surface area contributed by atoms with E-state index in [0.717, 1.165) is 118 Å². The van der Waals surface area contributed by atoms with E-state index in [4.69, 9.17) is 5.11 Å². The van der Waals surface area contributed by atoms with E-state index in [1.807, 2.05) is 9.80 Å². The number of carbonyl (C=O) groups excluding carboxylic acids is 3. The minimum Gasteiger partial charge on any atom is -0.660 e. The molecule has 56 heavy (non-hydrogen) atoms. The van der Waals surface area contributed by atoms with Gasteiger partial charge >= 0.3 is 5.97 Å². The number of aliphatic carboxylic acids is 1. The molecule has 0 aromatic rings. The molecule has 8 radical (unpaired) electrons. The molecule has 0 aromatic heterocycles. The summed E-state index contributed by atoms with van der Waals surface area (Å²) in [5.74, 6) is -0.459. The number of likely N-dealkylation sites (N-methyl/N-ethyl adjacent to an activating group) is 1. The van der Waals surface area contributed by atoms with Crippen molar-refractivity contribution in [2.24, 2.45) is 0 Å². The Labute approximate surface area is 484 Å². The third-order valence-electron chi connectivity index (χ3n) is 7.17. The molecule has 5 heterocycles. The summed E-state index contributed by atoms with van der Waals surface area (Å²) in [6.07, 6.45) is 1.35. The van der Waals surface area contributed by atoms with Gasteiger partial charge in [0, 0.05) is 218 Å².